The summed E-state index contributed by atoms with van der Waals surface area (Å²) < 4.78 is 27.6. The van der Waals surface area contributed by atoms with Crippen molar-refractivity contribution in [1.82, 2.24) is 4.57 Å². The zero-order chi connectivity index (χ0) is 10.8. The lowest BCUT2D eigenvalue weighted by molar-refractivity contribution is 0.504. The van der Waals surface area contributed by atoms with Crippen LogP contribution in [0.15, 0.2) is 36.5 Å². The highest BCUT2D eigenvalue weighted by molar-refractivity contribution is 5.40. The van der Waals surface area contributed by atoms with Gasteiger partial charge in [0.25, 0.3) is 0 Å². The summed E-state index contributed by atoms with van der Waals surface area (Å²) in [6.07, 6.45) is 1.51. The molecule has 0 bridgehead atoms. The number of rotatable bonds is 1. The van der Waals surface area contributed by atoms with Crippen molar-refractivity contribution < 1.29 is 8.78 Å². The first-order valence-electron chi connectivity index (χ1n) is 4.26. The second-order valence-corrected chi connectivity index (χ2v) is 2.95. The fourth-order valence-corrected chi connectivity index (χ4v) is 1.36. The van der Waals surface area contributed by atoms with Gasteiger partial charge in [-0.15, -0.1) is 0 Å². The quantitative estimate of drug-likeness (QED) is 0.701. The van der Waals surface area contributed by atoms with E-state index in [1.54, 1.807) is 6.07 Å². The zero-order valence-corrected chi connectivity index (χ0v) is 7.61. The molecule has 15 heavy (non-hydrogen) atoms. The van der Waals surface area contributed by atoms with Crippen molar-refractivity contribution in [3.8, 4) is 11.8 Å². The number of aromatic nitrogens is 1. The van der Waals surface area contributed by atoms with E-state index in [4.69, 9.17) is 5.26 Å². The van der Waals surface area contributed by atoms with Crippen LogP contribution in [0.5, 0.6) is 0 Å². The summed E-state index contributed by atoms with van der Waals surface area (Å²) >= 11 is 0. The second kappa shape index (κ2) is 3.54. The molecule has 0 saturated heterocycles. The summed E-state index contributed by atoms with van der Waals surface area (Å²) in [6, 6.07) is 8.88. The molecular weight excluding hydrogens is 198 g/mol. The Kier molecular flexibility index (Phi) is 2.22. The molecule has 1 aromatic heterocycles. The number of nitrogens with zero attached hydrogens (tertiary/aromatic N) is 2. The lowest BCUT2D eigenvalue weighted by atomic mass is 10.3. The molecule has 0 aliphatic carbocycles. The molecule has 2 rings (SSSR count). The van der Waals surface area contributed by atoms with Crippen LogP contribution in [-0.2, 0) is 0 Å². The Morgan fingerprint density at radius 2 is 1.93 bits per heavy atom. The summed E-state index contributed by atoms with van der Waals surface area (Å²) in [5, 5.41) is 8.74. The van der Waals surface area contributed by atoms with Crippen LogP contribution >= 0.6 is 0 Å². The van der Waals surface area contributed by atoms with Crippen molar-refractivity contribution in [3.63, 3.8) is 0 Å². The van der Waals surface area contributed by atoms with Crippen LogP contribution in [0.25, 0.3) is 5.69 Å². The van der Waals surface area contributed by atoms with Gasteiger partial charge in [-0.25, -0.2) is 8.78 Å². The smallest absolute Gasteiger partial charge is 0.182 e. The predicted molar refractivity (Wildman–Crippen MR) is 50.4 cm³/mol. The maximum Gasteiger partial charge on any atom is 0.182 e. The Balaban J connectivity index is 2.65. The number of halogens is 2. The topological polar surface area (TPSA) is 28.7 Å². The van der Waals surface area contributed by atoms with Crippen molar-refractivity contribution in [2.24, 2.45) is 0 Å². The highest BCUT2D eigenvalue weighted by atomic mass is 19.2. The predicted octanol–water partition coefficient (Wildman–Crippen LogP) is 2.63. The van der Waals surface area contributed by atoms with Crippen molar-refractivity contribution in [2.45, 2.75) is 0 Å². The second-order valence-electron chi connectivity index (χ2n) is 2.95. The monoisotopic (exact) mass is 204 g/mol. The van der Waals surface area contributed by atoms with Gasteiger partial charge in [-0.05, 0) is 24.3 Å². The highest BCUT2D eigenvalue weighted by Gasteiger charge is 2.11. The minimum atomic E-state index is -0.954. The maximum absolute atomic E-state index is 13.4. The van der Waals surface area contributed by atoms with E-state index in [2.05, 4.69) is 0 Å². The molecule has 0 N–H and O–H groups in total. The normalized spacial score (nSPS) is 9.93. The van der Waals surface area contributed by atoms with Gasteiger partial charge in [-0.1, -0.05) is 6.07 Å². The number of hydrogen-bond donors (Lipinski definition) is 0. The Morgan fingerprint density at radius 3 is 2.67 bits per heavy atom. The van der Waals surface area contributed by atoms with Gasteiger partial charge in [0, 0.05) is 6.20 Å². The van der Waals surface area contributed by atoms with Crippen LogP contribution in [0.3, 0.4) is 0 Å². The number of benzene rings is 1. The van der Waals surface area contributed by atoms with Crippen molar-refractivity contribution in [1.29, 1.82) is 5.26 Å². The third-order valence-corrected chi connectivity index (χ3v) is 2.05. The third-order valence-electron chi connectivity index (χ3n) is 2.05. The SMILES string of the molecule is N#Cc1cccn1-c1cccc(F)c1F. The molecule has 4 heteroatoms. The van der Waals surface area contributed by atoms with Gasteiger partial charge in [0.1, 0.15) is 11.8 Å². The molecule has 0 aliphatic heterocycles. The van der Waals surface area contributed by atoms with Crippen LogP contribution in [0.4, 0.5) is 8.78 Å². The van der Waals surface area contributed by atoms with E-state index >= 15 is 0 Å². The van der Waals surface area contributed by atoms with E-state index < -0.39 is 11.6 Å². The molecule has 1 aromatic carbocycles. The van der Waals surface area contributed by atoms with E-state index in [1.807, 2.05) is 6.07 Å². The van der Waals surface area contributed by atoms with Gasteiger partial charge in [-0.3, -0.25) is 0 Å². The first-order chi connectivity index (χ1) is 7.24. The molecular formula is C11H6F2N2. The fraction of sp³-hybridized carbons (Fsp3) is 0. The maximum atomic E-state index is 13.4. The minimum absolute atomic E-state index is 0.0385. The molecule has 0 amide bonds. The van der Waals surface area contributed by atoms with Gasteiger partial charge in [0.15, 0.2) is 11.6 Å². The Morgan fingerprint density at radius 1 is 1.13 bits per heavy atom. The average Bonchev–Trinajstić information content (AvgIpc) is 2.70. The molecule has 0 spiro atoms. The van der Waals surface area contributed by atoms with Gasteiger partial charge >= 0.3 is 0 Å². The zero-order valence-electron chi connectivity index (χ0n) is 7.61. The van der Waals surface area contributed by atoms with Gasteiger partial charge in [-0.2, -0.15) is 5.26 Å². The Labute approximate surface area is 85.0 Å². The molecule has 1 heterocycles. The van der Waals surface area contributed by atoms with E-state index in [9.17, 15) is 8.78 Å². The molecule has 2 aromatic rings. The van der Waals surface area contributed by atoms with Crippen LogP contribution in [-0.4, -0.2) is 4.57 Å². The van der Waals surface area contributed by atoms with Gasteiger partial charge in [0.05, 0.1) is 5.69 Å². The summed E-state index contributed by atoms with van der Waals surface area (Å²) in [6.45, 7) is 0. The standard InChI is InChI=1S/C11H6F2N2/c12-9-4-1-5-10(11(9)13)15-6-2-3-8(15)7-14/h1-6H. The van der Waals surface area contributed by atoms with Crippen molar-refractivity contribution in [2.75, 3.05) is 0 Å². The summed E-state index contributed by atoms with van der Waals surface area (Å²) in [5.41, 5.74) is 0.302. The van der Waals surface area contributed by atoms with E-state index in [0.717, 1.165) is 6.07 Å². The third kappa shape index (κ3) is 1.48. The summed E-state index contributed by atoms with van der Waals surface area (Å²) in [4.78, 5) is 0. The molecule has 0 radical (unpaired) electrons. The van der Waals surface area contributed by atoms with Crippen LogP contribution in [0.2, 0.25) is 0 Å². The Hall–Kier alpha value is -2.15. The van der Waals surface area contributed by atoms with Crippen molar-refractivity contribution >= 4 is 0 Å². The molecule has 0 fully saturated rings. The van der Waals surface area contributed by atoms with Crippen LogP contribution in [0.1, 0.15) is 5.69 Å². The number of nitriles is 1. The summed E-state index contributed by atoms with van der Waals surface area (Å²) in [5.74, 6) is -1.88. The molecule has 0 aliphatic rings. The minimum Gasteiger partial charge on any atom is -0.305 e. The van der Waals surface area contributed by atoms with Crippen LogP contribution < -0.4 is 0 Å². The van der Waals surface area contributed by atoms with Crippen LogP contribution in [0, 0.1) is 23.0 Å². The number of hydrogen-bond acceptors (Lipinski definition) is 1. The van der Waals surface area contributed by atoms with E-state index in [1.165, 1.54) is 29.0 Å². The van der Waals surface area contributed by atoms with Gasteiger partial charge < -0.3 is 4.57 Å². The first kappa shape index (κ1) is 9.41. The first-order valence-corrected chi connectivity index (χ1v) is 4.26. The van der Waals surface area contributed by atoms with Gasteiger partial charge in [0.2, 0.25) is 0 Å². The molecule has 74 valence electrons. The van der Waals surface area contributed by atoms with E-state index in [0.29, 0.717) is 0 Å². The summed E-state index contributed by atoms with van der Waals surface area (Å²) in [7, 11) is 0. The fourth-order valence-electron chi connectivity index (χ4n) is 1.36. The molecule has 0 atom stereocenters. The van der Waals surface area contributed by atoms with E-state index in [-0.39, 0.29) is 11.4 Å². The average molecular weight is 204 g/mol. The Bertz CT molecular complexity index is 538. The lowest BCUT2D eigenvalue weighted by Gasteiger charge is -2.06. The molecule has 2 nitrogen and oxygen atoms in total. The van der Waals surface area contributed by atoms with Crippen molar-refractivity contribution in [3.05, 3.63) is 53.9 Å². The lowest BCUT2D eigenvalue weighted by Crippen LogP contribution is -2.00. The molecule has 0 unspecified atom stereocenters. The largest absolute Gasteiger partial charge is 0.305 e. The highest BCUT2D eigenvalue weighted by Crippen LogP contribution is 2.18. The molecule has 0 saturated carbocycles.